The molecule has 0 amide bonds. The number of anilines is 1. The van der Waals surface area contributed by atoms with Gasteiger partial charge in [-0.05, 0) is 23.6 Å². The lowest BCUT2D eigenvalue weighted by Crippen LogP contribution is -2.12. The molecule has 106 valence electrons. The third kappa shape index (κ3) is 3.05. The Bertz CT molecular complexity index is 600. The maximum Gasteiger partial charge on any atom is 0.150 e. The fourth-order valence-electron chi connectivity index (χ4n) is 2.04. The van der Waals surface area contributed by atoms with E-state index >= 15 is 0 Å². The molecule has 3 nitrogen and oxygen atoms in total. The Hall–Kier alpha value is -2.16. The molecule has 0 bridgehead atoms. The van der Waals surface area contributed by atoms with Crippen molar-refractivity contribution in [2.75, 3.05) is 12.8 Å². The first kappa shape index (κ1) is 14.3. The molecule has 0 saturated heterocycles. The van der Waals surface area contributed by atoms with E-state index in [1.807, 2.05) is 30.3 Å². The van der Waals surface area contributed by atoms with Crippen LogP contribution in [-0.2, 0) is 5.41 Å². The van der Waals surface area contributed by atoms with Crippen LogP contribution >= 0.6 is 0 Å². The molecule has 0 saturated carbocycles. The number of nitrogen functional groups attached to an aromatic ring is 1. The summed E-state index contributed by atoms with van der Waals surface area (Å²) in [6.45, 7) is 6.48. The summed E-state index contributed by atoms with van der Waals surface area (Å²) in [6.07, 6.45) is 0. The molecule has 0 unspecified atom stereocenters. The molecule has 0 aliphatic carbocycles. The maximum atomic E-state index is 6.00. The summed E-state index contributed by atoms with van der Waals surface area (Å²) in [4.78, 5) is 0. The Labute approximate surface area is 120 Å². The predicted octanol–water partition coefficient (Wildman–Crippen LogP) is 4.37. The van der Waals surface area contributed by atoms with E-state index in [1.165, 1.54) is 0 Å². The van der Waals surface area contributed by atoms with Crippen molar-refractivity contribution < 1.29 is 9.47 Å². The minimum absolute atomic E-state index is 0.0117. The van der Waals surface area contributed by atoms with Crippen LogP contribution in [0.1, 0.15) is 26.3 Å². The lowest BCUT2D eigenvalue weighted by atomic mass is 9.86. The molecule has 0 fully saturated rings. The van der Waals surface area contributed by atoms with Gasteiger partial charge in [-0.25, -0.2) is 0 Å². The summed E-state index contributed by atoms with van der Waals surface area (Å²) in [5.41, 5.74) is 7.72. The van der Waals surface area contributed by atoms with Gasteiger partial charge in [-0.2, -0.15) is 0 Å². The lowest BCUT2D eigenvalue weighted by Gasteiger charge is -2.23. The molecule has 0 aromatic heterocycles. The number of hydrogen-bond donors (Lipinski definition) is 1. The van der Waals surface area contributed by atoms with Crippen LogP contribution in [-0.4, -0.2) is 7.11 Å². The van der Waals surface area contributed by atoms with Gasteiger partial charge in [0.2, 0.25) is 0 Å². The quantitative estimate of drug-likeness (QED) is 0.843. The van der Waals surface area contributed by atoms with Gasteiger partial charge in [0.25, 0.3) is 0 Å². The number of hydrogen-bond acceptors (Lipinski definition) is 3. The molecule has 0 radical (unpaired) electrons. The summed E-state index contributed by atoms with van der Waals surface area (Å²) in [5.74, 6) is 2.19. The zero-order chi connectivity index (χ0) is 14.8. The molecule has 0 atom stereocenters. The number of nitrogens with two attached hydrogens (primary N) is 1. The molecule has 2 aromatic rings. The Morgan fingerprint density at radius 3 is 2.25 bits per heavy atom. The summed E-state index contributed by atoms with van der Waals surface area (Å²) >= 11 is 0. The van der Waals surface area contributed by atoms with E-state index in [-0.39, 0.29) is 5.41 Å². The van der Waals surface area contributed by atoms with Crippen molar-refractivity contribution in [2.24, 2.45) is 0 Å². The fourth-order valence-corrected chi connectivity index (χ4v) is 2.04. The van der Waals surface area contributed by atoms with Gasteiger partial charge in [-0.3, -0.25) is 0 Å². The van der Waals surface area contributed by atoms with Crippen LogP contribution in [0.25, 0.3) is 0 Å². The van der Waals surface area contributed by atoms with Crippen molar-refractivity contribution in [1.29, 1.82) is 0 Å². The predicted molar refractivity (Wildman–Crippen MR) is 82.6 cm³/mol. The first-order valence-electron chi connectivity index (χ1n) is 6.62. The maximum absolute atomic E-state index is 6.00. The average molecular weight is 271 g/mol. The van der Waals surface area contributed by atoms with Crippen LogP contribution in [0, 0.1) is 0 Å². The molecule has 0 heterocycles. The number of para-hydroxylation sites is 1. The van der Waals surface area contributed by atoms with Crippen molar-refractivity contribution >= 4 is 5.69 Å². The molecule has 20 heavy (non-hydrogen) atoms. The molecule has 0 spiro atoms. The van der Waals surface area contributed by atoms with Crippen LogP contribution in [0.15, 0.2) is 42.5 Å². The highest BCUT2D eigenvalue weighted by atomic mass is 16.5. The standard InChI is InChI=1S/C17H21NO2/c1-17(2,3)13-7-5-6-8-15(13)20-16-10-9-12(19-4)11-14(16)18/h5-11H,18H2,1-4H3. The van der Waals surface area contributed by atoms with Crippen molar-refractivity contribution in [3.05, 3.63) is 48.0 Å². The Morgan fingerprint density at radius 2 is 1.65 bits per heavy atom. The monoisotopic (exact) mass is 271 g/mol. The summed E-state index contributed by atoms with van der Waals surface area (Å²) in [5, 5.41) is 0. The second-order valence-corrected chi connectivity index (χ2v) is 5.75. The first-order valence-corrected chi connectivity index (χ1v) is 6.62. The minimum Gasteiger partial charge on any atom is -0.497 e. The highest BCUT2D eigenvalue weighted by Crippen LogP contribution is 2.36. The van der Waals surface area contributed by atoms with Crippen LogP contribution < -0.4 is 15.2 Å². The van der Waals surface area contributed by atoms with Crippen molar-refractivity contribution in [3.8, 4) is 17.2 Å². The molecular weight excluding hydrogens is 250 g/mol. The average Bonchev–Trinajstić information content (AvgIpc) is 2.40. The topological polar surface area (TPSA) is 44.5 Å². The number of benzene rings is 2. The Balaban J connectivity index is 2.36. The zero-order valence-corrected chi connectivity index (χ0v) is 12.4. The Morgan fingerprint density at radius 1 is 0.950 bits per heavy atom. The zero-order valence-electron chi connectivity index (χ0n) is 12.4. The van der Waals surface area contributed by atoms with Gasteiger partial charge in [-0.15, -0.1) is 0 Å². The van der Waals surface area contributed by atoms with E-state index in [0.29, 0.717) is 11.4 Å². The van der Waals surface area contributed by atoms with Crippen LogP contribution in [0.3, 0.4) is 0 Å². The van der Waals surface area contributed by atoms with Crippen molar-refractivity contribution in [2.45, 2.75) is 26.2 Å². The number of ether oxygens (including phenoxy) is 2. The van der Waals surface area contributed by atoms with Crippen molar-refractivity contribution in [3.63, 3.8) is 0 Å². The van der Waals surface area contributed by atoms with Gasteiger partial charge >= 0.3 is 0 Å². The van der Waals surface area contributed by atoms with Gasteiger partial charge in [0, 0.05) is 11.6 Å². The largest absolute Gasteiger partial charge is 0.497 e. The Kier molecular flexibility index (Phi) is 3.89. The molecule has 2 N–H and O–H groups in total. The third-order valence-electron chi connectivity index (χ3n) is 3.13. The highest BCUT2D eigenvalue weighted by molar-refractivity contribution is 5.58. The summed E-state index contributed by atoms with van der Waals surface area (Å²) < 4.78 is 11.1. The van der Waals surface area contributed by atoms with E-state index in [2.05, 4.69) is 26.8 Å². The lowest BCUT2D eigenvalue weighted by molar-refractivity contribution is 0.412. The van der Waals surface area contributed by atoms with Gasteiger partial charge in [0.15, 0.2) is 5.75 Å². The van der Waals surface area contributed by atoms with E-state index in [0.717, 1.165) is 17.1 Å². The van der Waals surface area contributed by atoms with E-state index in [1.54, 1.807) is 13.2 Å². The first-order chi connectivity index (χ1) is 9.41. The van der Waals surface area contributed by atoms with Crippen LogP contribution in [0.4, 0.5) is 5.69 Å². The molecular formula is C17H21NO2. The van der Waals surface area contributed by atoms with Gasteiger partial charge in [-0.1, -0.05) is 39.0 Å². The number of methoxy groups -OCH3 is 1. The summed E-state index contributed by atoms with van der Waals surface area (Å²) in [7, 11) is 1.62. The molecule has 3 heteroatoms. The normalized spacial score (nSPS) is 11.2. The smallest absolute Gasteiger partial charge is 0.150 e. The highest BCUT2D eigenvalue weighted by Gasteiger charge is 2.19. The van der Waals surface area contributed by atoms with Crippen molar-refractivity contribution in [1.82, 2.24) is 0 Å². The molecule has 2 aromatic carbocycles. The summed E-state index contributed by atoms with van der Waals surface area (Å²) in [6, 6.07) is 13.4. The molecule has 0 aliphatic rings. The van der Waals surface area contributed by atoms with Gasteiger partial charge < -0.3 is 15.2 Å². The van der Waals surface area contributed by atoms with Crippen LogP contribution in [0.5, 0.6) is 17.2 Å². The van der Waals surface area contributed by atoms with E-state index in [4.69, 9.17) is 15.2 Å². The van der Waals surface area contributed by atoms with Crippen LogP contribution in [0.2, 0.25) is 0 Å². The third-order valence-corrected chi connectivity index (χ3v) is 3.13. The number of rotatable bonds is 3. The molecule has 0 aliphatic heterocycles. The van der Waals surface area contributed by atoms with Gasteiger partial charge in [0.1, 0.15) is 11.5 Å². The second-order valence-electron chi connectivity index (χ2n) is 5.75. The molecule has 2 rings (SSSR count). The SMILES string of the molecule is COc1ccc(Oc2ccccc2C(C)(C)C)c(N)c1. The van der Waals surface area contributed by atoms with Gasteiger partial charge in [0.05, 0.1) is 12.8 Å². The van der Waals surface area contributed by atoms with E-state index < -0.39 is 0 Å². The second kappa shape index (κ2) is 5.45. The van der Waals surface area contributed by atoms with E-state index in [9.17, 15) is 0 Å². The fraction of sp³-hybridized carbons (Fsp3) is 0.294. The minimum atomic E-state index is 0.0117.